The van der Waals surface area contributed by atoms with Crippen LogP contribution in [0.2, 0.25) is 0 Å². The van der Waals surface area contributed by atoms with Gasteiger partial charge in [-0.05, 0) is 92.1 Å². The van der Waals surface area contributed by atoms with Crippen LogP contribution in [0, 0.1) is 11.7 Å². The monoisotopic (exact) mass is 414 g/mol. The Balaban J connectivity index is 1.48. The zero-order chi connectivity index (χ0) is 21.3. The first-order valence-electron chi connectivity index (χ1n) is 11.2. The van der Waals surface area contributed by atoms with Crippen LogP contribution in [0.15, 0.2) is 36.5 Å². The van der Waals surface area contributed by atoms with Gasteiger partial charge >= 0.3 is 0 Å². The number of halogens is 1. The lowest BCUT2D eigenvalue weighted by Gasteiger charge is -2.18. The summed E-state index contributed by atoms with van der Waals surface area (Å²) in [6.45, 7) is 3.98. The molecule has 0 spiro atoms. The first-order chi connectivity index (χ1) is 14.6. The van der Waals surface area contributed by atoms with Crippen LogP contribution >= 0.6 is 0 Å². The SMILES string of the molecule is COc1cc([C@@H](C)C[C@H]2CC[C@@H](c3ccc(CCCNCCO)nc3)C2)ccc1F. The molecule has 1 saturated carbocycles. The van der Waals surface area contributed by atoms with E-state index in [0.717, 1.165) is 37.1 Å². The molecule has 0 amide bonds. The van der Waals surface area contributed by atoms with Gasteiger partial charge in [0.25, 0.3) is 0 Å². The fraction of sp³-hybridized carbons (Fsp3) is 0.560. The second kappa shape index (κ2) is 11.4. The highest BCUT2D eigenvalue weighted by Gasteiger charge is 2.27. The van der Waals surface area contributed by atoms with Gasteiger partial charge in [-0.1, -0.05) is 19.1 Å². The fourth-order valence-electron chi connectivity index (χ4n) is 4.63. The number of hydrogen-bond acceptors (Lipinski definition) is 4. The number of rotatable bonds is 11. The van der Waals surface area contributed by atoms with Gasteiger partial charge in [-0.3, -0.25) is 4.98 Å². The van der Waals surface area contributed by atoms with Crippen molar-refractivity contribution in [2.24, 2.45) is 5.92 Å². The molecule has 30 heavy (non-hydrogen) atoms. The highest BCUT2D eigenvalue weighted by Crippen LogP contribution is 2.42. The van der Waals surface area contributed by atoms with Gasteiger partial charge in [0.15, 0.2) is 11.6 Å². The maximum atomic E-state index is 13.7. The van der Waals surface area contributed by atoms with Crippen LogP contribution in [-0.2, 0) is 6.42 Å². The van der Waals surface area contributed by atoms with E-state index in [1.165, 1.54) is 38.0 Å². The lowest BCUT2D eigenvalue weighted by atomic mass is 9.88. The van der Waals surface area contributed by atoms with Gasteiger partial charge in [-0.2, -0.15) is 0 Å². The Morgan fingerprint density at radius 3 is 2.83 bits per heavy atom. The average Bonchev–Trinajstić information content (AvgIpc) is 3.22. The van der Waals surface area contributed by atoms with Crippen molar-refractivity contribution in [3.63, 3.8) is 0 Å². The molecule has 4 nitrogen and oxygen atoms in total. The normalized spacial score (nSPS) is 19.7. The molecule has 2 aromatic rings. The van der Waals surface area contributed by atoms with Crippen molar-refractivity contribution in [1.29, 1.82) is 0 Å². The number of aliphatic hydroxyl groups is 1. The fourth-order valence-corrected chi connectivity index (χ4v) is 4.63. The minimum atomic E-state index is -0.299. The van der Waals surface area contributed by atoms with E-state index in [1.54, 1.807) is 0 Å². The van der Waals surface area contributed by atoms with E-state index in [0.29, 0.717) is 30.0 Å². The predicted molar refractivity (Wildman–Crippen MR) is 119 cm³/mol. The topological polar surface area (TPSA) is 54.4 Å². The van der Waals surface area contributed by atoms with Gasteiger partial charge in [0.05, 0.1) is 13.7 Å². The Morgan fingerprint density at radius 2 is 2.10 bits per heavy atom. The molecule has 1 fully saturated rings. The molecule has 1 aromatic carbocycles. The van der Waals surface area contributed by atoms with Crippen LogP contribution in [0.25, 0.3) is 0 Å². The number of methoxy groups -OCH3 is 1. The number of ether oxygens (including phenoxy) is 1. The predicted octanol–water partition coefficient (Wildman–Crippen LogP) is 4.82. The first-order valence-corrected chi connectivity index (χ1v) is 11.2. The molecule has 0 bridgehead atoms. The van der Waals surface area contributed by atoms with Crippen LogP contribution in [0.5, 0.6) is 5.75 Å². The number of pyridine rings is 1. The van der Waals surface area contributed by atoms with Gasteiger partial charge in [0.2, 0.25) is 0 Å². The average molecular weight is 415 g/mol. The molecular formula is C25H35FN2O2. The number of aryl methyl sites for hydroxylation is 1. The van der Waals surface area contributed by atoms with Crippen molar-refractivity contribution < 1.29 is 14.2 Å². The van der Waals surface area contributed by atoms with Crippen LogP contribution in [0.1, 0.15) is 67.7 Å². The number of nitrogens with zero attached hydrogens (tertiary/aromatic N) is 1. The first kappa shape index (κ1) is 22.7. The van der Waals surface area contributed by atoms with E-state index in [2.05, 4.69) is 35.6 Å². The summed E-state index contributed by atoms with van der Waals surface area (Å²) in [5.74, 6) is 1.71. The van der Waals surface area contributed by atoms with Crippen molar-refractivity contribution in [2.45, 2.75) is 57.3 Å². The van der Waals surface area contributed by atoms with E-state index in [-0.39, 0.29) is 12.4 Å². The summed E-state index contributed by atoms with van der Waals surface area (Å²) in [5.41, 5.74) is 3.64. The number of nitrogens with one attached hydrogen (secondary N) is 1. The molecule has 0 aliphatic heterocycles. The molecule has 0 radical (unpaired) electrons. The minimum Gasteiger partial charge on any atom is -0.494 e. The van der Waals surface area contributed by atoms with Crippen molar-refractivity contribution in [1.82, 2.24) is 10.3 Å². The van der Waals surface area contributed by atoms with Crippen LogP contribution in [0.3, 0.4) is 0 Å². The Morgan fingerprint density at radius 1 is 1.23 bits per heavy atom. The summed E-state index contributed by atoms with van der Waals surface area (Å²) in [6, 6.07) is 9.66. The molecule has 1 aliphatic rings. The Hall–Kier alpha value is -1.98. The van der Waals surface area contributed by atoms with Crippen LogP contribution in [-0.4, -0.2) is 36.9 Å². The third-order valence-corrected chi connectivity index (χ3v) is 6.37. The number of aromatic nitrogens is 1. The Labute approximate surface area is 179 Å². The largest absolute Gasteiger partial charge is 0.494 e. The maximum absolute atomic E-state index is 13.7. The molecule has 1 heterocycles. The smallest absolute Gasteiger partial charge is 0.165 e. The molecule has 5 heteroatoms. The summed E-state index contributed by atoms with van der Waals surface area (Å²) < 4.78 is 18.8. The molecule has 3 atom stereocenters. The van der Waals surface area contributed by atoms with Crippen molar-refractivity contribution in [3.8, 4) is 5.75 Å². The van der Waals surface area contributed by atoms with E-state index in [1.807, 2.05) is 12.1 Å². The van der Waals surface area contributed by atoms with Crippen molar-refractivity contribution in [2.75, 3.05) is 26.8 Å². The highest BCUT2D eigenvalue weighted by atomic mass is 19.1. The van der Waals surface area contributed by atoms with Gasteiger partial charge in [-0.25, -0.2) is 4.39 Å². The molecule has 3 rings (SSSR count). The summed E-state index contributed by atoms with van der Waals surface area (Å²) >= 11 is 0. The van der Waals surface area contributed by atoms with E-state index in [4.69, 9.17) is 9.84 Å². The number of benzene rings is 1. The summed E-state index contributed by atoms with van der Waals surface area (Å²) in [4.78, 5) is 4.68. The van der Waals surface area contributed by atoms with Crippen molar-refractivity contribution >= 4 is 0 Å². The van der Waals surface area contributed by atoms with Crippen LogP contribution < -0.4 is 10.1 Å². The quantitative estimate of drug-likeness (QED) is 0.518. The molecule has 0 saturated heterocycles. The van der Waals surface area contributed by atoms with Crippen LogP contribution in [0.4, 0.5) is 4.39 Å². The molecular weight excluding hydrogens is 379 g/mol. The van der Waals surface area contributed by atoms with E-state index >= 15 is 0 Å². The van der Waals surface area contributed by atoms with Gasteiger partial charge < -0.3 is 15.2 Å². The third kappa shape index (κ3) is 6.26. The lowest BCUT2D eigenvalue weighted by molar-refractivity contribution is 0.292. The van der Waals surface area contributed by atoms with Gasteiger partial charge in [0.1, 0.15) is 0 Å². The molecule has 2 N–H and O–H groups in total. The number of hydrogen-bond donors (Lipinski definition) is 2. The summed E-state index contributed by atoms with van der Waals surface area (Å²) in [6.07, 6.45) is 8.85. The van der Waals surface area contributed by atoms with Gasteiger partial charge in [-0.15, -0.1) is 0 Å². The second-order valence-corrected chi connectivity index (χ2v) is 8.57. The molecule has 0 unspecified atom stereocenters. The zero-order valence-electron chi connectivity index (χ0n) is 18.2. The molecule has 1 aromatic heterocycles. The van der Waals surface area contributed by atoms with Gasteiger partial charge in [0, 0.05) is 18.4 Å². The highest BCUT2D eigenvalue weighted by molar-refractivity contribution is 5.32. The number of aliphatic hydroxyl groups excluding tert-OH is 1. The Kier molecular flexibility index (Phi) is 8.64. The zero-order valence-corrected chi connectivity index (χ0v) is 18.2. The summed E-state index contributed by atoms with van der Waals surface area (Å²) in [7, 11) is 1.52. The summed E-state index contributed by atoms with van der Waals surface area (Å²) in [5, 5.41) is 12.0. The van der Waals surface area contributed by atoms with E-state index < -0.39 is 0 Å². The Bertz CT molecular complexity index is 781. The lowest BCUT2D eigenvalue weighted by Crippen LogP contribution is -2.19. The van der Waals surface area contributed by atoms with Crippen molar-refractivity contribution in [3.05, 3.63) is 59.2 Å². The second-order valence-electron chi connectivity index (χ2n) is 8.57. The minimum absolute atomic E-state index is 0.187. The third-order valence-electron chi connectivity index (χ3n) is 6.37. The maximum Gasteiger partial charge on any atom is 0.165 e. The molecule has 1 aliphatic carbocycles. The van der Waals surface area contributed by atoms with E-state index in [9.17, 15) is 4.39 Å². The molecule has 164 valence electrons. The standard InChI is InChI=1S/C25H35FN2O2/c1-18(20-8-10-24(26)25(16-20)30-2)14-19-5-6-21(15-19)22-7-9-23(28-17-22)4-3-11-27-12-13-29/h7-10,16-19,21,27,29H,3-6,11-15H2,1-2H3/t18-,19+,21+/m0/s1.